The van der Waals surface area contributed by atoms with Crippen LogP contribution < -0.4 is 10.2 Å². The second kappa shape index (κ2) is 9.31. The number of benzene rings is 2. The molecule has 0 radical (unpaired) electrons. The maximum Gasteiger partial charge on any atom is 0.241 e. The van der Waals surface area contributed by atoms with Crippen LogP contribution in [0.15, 0.2) is 48.5 Å². The first-order valence-corrected chi connectivity index (χ1v) is 8.56. The van der Waals surface area contributed by atoms with Crippen molar-refractivity contribution in [3.63, 3.8) is 0 Å². The minimum Gasteiger partial charge on any atom is -0.325 e. The largest absolute Gasteiger partial charge is 0.325 e. The molecule has 2 aromatic rings. The topological polar surface area (TPSA) is 52.7 Å². The SMILES string of the molecule is CCN(C(=O)CN(C)CC(=O)Nc1ccc(Cl)cc1)c1ccc(F)cc1. The minimum atomic E-state index is -0.353. The van der Waals surface area contributed by atoms with Gasteiger partial charge in [0.15, 0.2) is 0 Å². The average molecular weight is 378 g/mol. The van der Waals surface area contributed by atoms with Gasteiger partial charge in [0.1, 0.15) is 5.82 Å². The summed E-state index contributed by atoms with van der Waals surface area (Å²) < 4.78 is 13.0. The quantitative estimate of drug-likeness (QED) is 0.804. The number of hydrogen-bond acceptors (Lipinski definition) is 3. The molecule has 0 saturated carbocycles. The van der Waals surface area contributed by atoms with Gasteiger partial charge in [-0.25, -0.2) is 4.39 Å². The number of carbonyl (C=O) groups is 2. The molecule has 0 fully saturated rings. The van der Waals surface area contributed by atoms with Gasteiger partial charge in [-0.3, -0.25) is 14.5 Å². The van der Waals surface area contributed by atoms with Crippen molar-refractivity contribution in [2.45, 2.75) is 6.92 Å². The molecule has 0 aromatic heterocycles. The summed E-state index contributed by atoms with van der Waals surface area (Å²) in [6.07, 6.45) is 0. The van der Waals surface area contributed by atoms with Gasteiger partial charge in [0.05, 0.1) is 13.1 Å². The van der Waals surface area contributed by atoms with Gasteiger partial charge in [0.25, 0.3) is 0 Å². The Morgan fingerprint density at radius 1 is 1.04 bits per heavy atom. The van der Waals surface area contributed by atoms with Gasteiger partial charge in [-0.05, 0) is 62.5 Å². The lowest BCUT2D eigenvalue weighted by atomic mass is 10.2. The van der Waals surface area contributed by atoms with E-state index < -0.39 is 0 Å². The zero-order valence-corrected chi connectivity index (χ0v) is 15.5. The Balaban J connectivity index is 1.89. The minimum absolute atomic E-state index is 0.0648. The van der Waals surface area contributed by atoms with Crippen LogP contribution in [-0.4, -0.2) is 43.4 Å². The number of halogens is 2. The Kier molecular flexibility index (Phi) is 7.12. The maximum atomic E-state index is 13.0. The summed E-state index contributed by atoms with van der Waals surface area (Å²) >= 11 is 5.81. The molecule has 5 nitrogen and oxygen atoms in total. The summed E-state index contributed by atoms with van der Waals surface area (Å²) in [6.45, 7) is 2.43. The first-order chi connectivity index (χ1) is 12.4. The highest BCUT2D eigenvalue weighted by molar-refractivity contribution is 6.30. The second-order valence-corrected chi connectivity index (χ2v) is 6.28. The third-order valence-electron chi connectivity index (χ3n) is 3.70. The summed E-state index contributed by atoms with van der Waals surface area (Å²) in [5, 5.41) is 3.34. The van der Waals surface area contributed by atoms with Crippen LogP contribution >= 0.6 is 11.6 Å². The van der Waals surface area contributed by atoms with Crippen molar-refractivity contribution in [1.82, 2.24) is 4.90 Å². The highest BCUT2D eigenvalue weighted by atomic mass is 35.5. The predicted octanol–water partition coefficient (Wildman–Crippen LogP) is 3.40. The van der Waals surface area contributed by atoms with Crippen LogP contribution in [0, 0.1) is 5.82 Å². The molecule has 0 atom stereocenters. The van der Waals surface area contributed by atoms with Gasteiger partial charge in [-0.1, -0.05) is 11.6 Å². The van der Waals surface area contributed by atoms with Crippen LogP contribution in [0.4, 0.5) is 15.8 Å². The normalized spacial score (nSPS) is 10.7. The zero-order chi connectivity index (χ0) is 19.1. The fourth-order valence-electron chi connectivity index (χ4n) is 2.48. The first kappa shape index (κ1) is 19.9. The molecule has 0 bridgehead atoms. The Labute approximate surface area is 157 Å². The summed E-state index contributed by atoms with van der Waals surface area (Å²) in [5.74, 6) is -0.749. The number of likely N-dealkylation sites (N-methyl/N-ethyl adjacent to an activating group) is 2. The number of amides is 2. The van der Waals surface area contributed by atoms with Gasteiger partial charge in [0, 0.05) is 22.9 Å². The molecule has 0 unspecified atom stereocenters. The number of carbonyl (C=O) groups excluding carboxylic acids is 2. The second-order valence-electron chi connectivity index (χ2n) is 5.84. The van der Waals surface area contributed by atoms with E-state index in [4.69, 9.17) is 11.6 Å². The number of hydrogen-bond donors (Lipinski definition) is 1. The van der Waals surface area contributed by atoms with Crippen LogP contribution in [0.1, 0.15) is 6.92 Å². The molecule has 0 aliphatic rings. The molecule has 26 heavy (non-hydrogen) atoms. The zero-order valence-electron chi connectivity index (χ0n) is 14.7. The average Bonchev–Trinajstić information content (AvgIpc) is 2.59. The van der Waals surface area contributed by atoms with Gasteiger partial charge in [-0.15, -0.1) is 0 Å². The lowest BCUT2D eigenvalue weighted by Gasteiger charge is -2.24. The van der Waals surface area contributed by atoms with Crippen molar-refractivity contribution in [3.8, 4) is 0 Å². The summed E-state index contributed by atoms with van der Waals surface area (Å²) in [4.78, 5) is 27.7. The van der Waals surface area contributed by atoms with Crippen LogP contribution in [0.5, 0.6) is 0 Å². The molecular formula is C19H21ClFN3O2. The van der Waals surface area contributed by atoms with E-state index in [9.17, 15) is 14.0 Å². The number of nitrogens with zero attached hydrogens (tertiary/aromatic N) is 2. The molecule has 0 heterocycles. The fraction of sp³-hybridized carbons (Fsp3) is 0.263. The van der Waals surface area contributed by atoms with E-state index in [1.54, 1.807) is 53.2 Å². The predicted molar refractivity (Wildman–Crippen MR) is 102 cm³/mol. The van der Waals surface area contributed by atoms with Crippen molar-refractivity contribution in [3.05, 3.63) is 59.4 Å². The first-order valence-electron chi connectivity index (χ1n) is 8.19. The van der Waals surface area contributed by atoms with E-state index >= 15 is 0 Å². The van der Waals surface area contributed by atoms with Crippen molar-refractivity contribution in [1.29, 1.82) is 0 Å². The highest BCUT2D eigenvalue weighted by Crippen LogP contribution is 2.15. The highest BCUT2D eigenvalue weighted by Gasteiger charge is 2.17. The van der Waals surface area contributed by atoms with E-state index in [-0.39, 0.29) is 30.7 Å². The van der Waals surface area contributed by atoms with Crippen molar-refractivity contribution >= 4 is 34.8 Å². The molecule has 2 amide bonds. The van der Waals surface area contributed by atoms with Gasteiger partial charge in [-0.2, -0.15) is 0 Å². The monoisotopic (exact) mass is 377 g/mol. The van der Waals surface area contributed by atoms with Crippen molar-refractivity contribution in [2.75, 3.05) is 36.9 Å². The molecule has 0 aliphatic heterocycles. The van der Waals surface area contributed by atoms with Gasteiger partial charge < -0.3 is 10.2 Å². The van der Waals surface area contributed by atoms with E-state index in [0.717, 1.165) is 0 Å². The maximum absolute atomic E-state index is 13.0. The van der Waals surface area contributed by atoms with Gasteiger partial charge >= 0.3 is 0 Å². The third-order valence-corrected chi connectivity index (χ3v) is 3.95. The molecule has 138 valence electrons. The molecule has 0 aliphatic carbocycles. The smallest absolute Gasteiger partial charge is 0.241 e. The Bertz CT molecular complexity index is 750. The standard InChI is InChI=1S/C19H21ClFN3O2/c1-3-24(17-10-6-15(21)7-11-17)19(26)13-23(2)12-18(25)22-16-8-4-14(20)5-9-16/h4-11H,3,12-13H2,1-2H3,(H,22,25). The van der Waals surface area contributed by atoms with E-state index in [1.807, 2.05) is 6.92 Å². The molecule has 0 saturated heterocycles. The summed E-state index contributed by atoms with van der Waals surface area (Å²) in [6, 6.07) is 12.5. The van der Waals surface area contributed by atoms with Crippen LogP contribution in [0.2, 0.25) is 5.02 Å². The van der Waals surface area contributed by atoms with Gasteiger partial charge in [0.2, 0.25) is 11.8 Å². The molecule has 2 aromatic carbocycles. The lowest BCUT2D eigenvalue weighted by Crippen LogP contribution is -2.41. The van der Waals surface area contributed by atoms with Crippen molar-refractivity contribution in [2.24, 2.45) is 0 Å². The van der Waals surface area contributed by atoms with Crippen LogP contribution in [0.25, 0.3) is 0 Å². The number of rotatable bonds is 7. The number of nitrogens with one attached hydrogen (secondary N) is 1. The Morgan fingerprint density at radius 3 is 2.23 bits per heavy atom. The summed E-state index contributed by atoms with van der Waals surface area (Å²) in [7, 11) is 1.69. The fourth-order valence-corrected chi connectivity index (χ4v) is 2.60. The molecule has 1 N–H and O–H groups in total. The Morgan fingerprint density at radius 2 is 1.65 bits per heavy atom. The van der Waals surface area contributed by atoms with Crippen LogP contribution in [-0.2, 0) is 9.59 Å². The van der Waals surface area contributed by atoms with E-state index in [2.05, 4.69) is 5.32 Å². The summed E-state index contributed by atoms with van der Waals surface area (Å²) in [5.41, 5.74) is 1.26. The van der Waals surface area contributed by atoms with E-state index in [1.165, 1.54) is 12.1 Å². The van der Waals surface area contributed by atoms with E-state index in [0.29, 0.717) is 22.9 Å². The van der Waals surface area contributed by atoms with Crippen molar-refractivity contribution < 1.29 is 14.0 Å². The molecular weight excluding hydrogens is 357 g/mol. The molecule has 7 heteroatoms. The lowest BCUT2D eigenvalue weighted by molar-refractivity contribution is -0.121. The van der Waals surface area contributed by atoms with Crippen LogP contribution in [0.3, 0.4) is 0 Å². The molecule has 0 spiro atoms. The third kappa shape index (κ3) is 5.82. The number of anilines is 2. The molecule has 2 rings (SSSR count). The Hall–Kier alpha value is -2.44.